The molecule has 2 atom stereocenters. The fourth-order valence-corrected chi connectivity index (χ4v) is 2.57. The van der Waals surface area contributed by atoms with E-state index in [2.05, 4.69) is 45.1 Å². The highest BCUT2D eigenvalue weighted by Gasteiger charge is 2.22. The second-order valence-electron chi connectivity index (χ2n) is 4.64. The van der Waals surface area contributed by atoms with Gasteiger partial charge in [-0.3, -0.25) is 0 Å². The topological polar surface area (TPSA) is 12.0 Å². The zero-order chi connectivity index (χ0) is 12.1. The minimum absolute atomic E-state index is 0.439. The van der Waals surface area contributed by atoms with Gasteiger partial charge in [0, 0.05) is 11.1 Å². The molecule has 2 heteroatoms. The molecule has 0 bridgehead atoms. The summed E-state index contributed by atoms with van der Waals surface area (Å²) in [7, 11) is 0. The number of hydrogen-bond donors (Lipinski definition) is 1. The zero-order valence-electron chi connectivity index (χ0n) is 10.6. The third kappa shape index (κ3) is 3.23. The molecular formula is C14H22ClN. The Kier molecular flexibility index (Phi) is 5.30. The van der Waals surface area contributed by atoms with E-state index in [9.17, 15) is 0 Å². The van der Waals surface area contributed by atoms with Crippen molar-refractivity contribution in [1.29, 1.82) is 0 Å². The molecule has 0 fully saturated rings. The Hall–Kier alpha value is -0.530. The summed E-state index contributed by atoms with van der Waals surface area (Å²) in [4.78, 5) is 0. The van der Waals surface area contributed by atoms with Crippen LogP contribution in [0, 0.1) is 5.92 Å². The molecule has 0 saturated heterocycles. The second kappa shape index (κ2) is 6.27. The number of hydrogen-bond acceptors (Lipinski definition) is 1. The van der Waals surface area contributed by atoms with Gasteiger partial charge >= 0.3 is 0 Å². The lowest BCUT2D eigenvalue weighted by Crippen LogP contribution is -2.38. The minimum Gasteiger partial charge on any atom is -0.313 e. The van der Waals surface area contributed by atoms with Crippen LogP contribution in [0.15, 0.2) is 24.3 Å². The van der Waals surface area contributed by atoms with E-state index >= 15 is 0 Å². The van der Waals surface area contributed by atoms with Crippen LogP contribution in [0.2, 0.25) is 5.02 Å². The first kappa shape index (κ1) is 13.5. The highest BCUT2D eigenvalue weighted by Crippen LogP contribution is 2.29. The lowest BCUT2D eigenvalue weighted by atomic mass is 9.86. The van der Waals surface area contributed by atoms with Crippen LogP contribution < -0.4 is 5.32 Å². The smallest absolute Gasteiger partial charge is 0.0441 e. The molecule has 16 heavy (non-hydrogen) atoms. The lowest BCUT2D eigenvalue weighted by molar-refractivity contribution is 0.360. The molecule has 0 saturated carbocycles. The van der Waals surface area contributed by atoms with Crippen molar-refractivity contribution in [1.82, 2.24) is 5.32 Å². The number of benzene rings is 1. The molecule has 1 aromatic rings. The number of halogens is 1. The molecule has 0 heterocycles. The van der Waals surface area contributed by atoms with Crippen molar-refractivity contribution in [2.24, 2.45) is 5.92 Å². The lowest BCUT2D eigenvalue weighted by Gasteiger charge is -2.29. The first-order valence-electron chi connectivity index (χ1n) is 6.05. The maximum atomic E-state index is 6.24. The van der Waals surface area contributed by atoms with Gasteiger partial charge < -0.3 is 5.32 Å². The Balaban J connectivity index is 2.90. The summed E-state index contributed by atoms with van der Waals surface area (Å²) >= 11 is 6.24. The number of likely N-dealkylation sites (N-methyl/N-ethyl adjacent to an activating group) is 1. The van der Waals surface area contributed by atoms with Crippen molar-refractivity contribution in [3.8, 4) is 0 Å². The molecule has 0 aliphatic heterocycles. The van der Waals surface area contributed by atoms with Crippen molar-refractivity contribution in [2.75, 3.05) is 6.54 Å². The van der Waals surface area contributed by atoms with Crippen LogP contribution in [-0.4, -0.2) is 12.6 Å². The van der Waals surface area contributed by atoms with Crippen molar-refractivity contribution >= 4 is 11.6 Å². The first-order chi connectivity index (χ1) is 7.57. The van der Waals surface area contributed by atoms with Gasteiger partial charge in [-0.25, -0.2) is 0 Å². The average molecular weight is 240 g/mol. The van der Waals surface area contributed by atoms with Crippen LogP contribution in [0.1, 0.15) is 39.2 Å². The molecule has 1 N–H and O–H groups in total. The molecule has 1 nitrogen and oxygen atoms in total. The fraction of sp³-hybridized carbons (Fsp3) is 0.571. The summed E-state index contributed by atoms with van der Waals surface area (Å²) in [5.41, 5.74) is 1.24. The van der Waals surface area contributed by atoms with Crippen molar-refractivity contribution < 1.29 is 0 Å². The summed E-state index contributed by atoms with van der Waals surface area (Å²) in [5.74, 6) is 1.04. The minimum atomic E-state index is 0.439. The van der Waals surface area contributed by atoms with Gasteiger partial charge in [0.1, 0.15) is 0 Å². The van der Waals surface area contributed by atoms with Crippen LogP contribution in [0.3, 0.4) is 0 Å². The summed E-state index contributed by atoms with van der Waals surface area (Å²) in [6.07, 6.45) is 0. The molecule has 2 unspecified atom stereocenters. The van der Waals surface area contributed by atoms with E-state index < -0.39 is 0 Å². The highest BCUT2D eigenvalue weighted by molar-refractivity contribution is 6.31. The Labute approximate surface area is 104 Å². The Morgan fingerprint density at radius 3 is 2.31 bits per heavy atom. The standard InChI is InChI=1S/C14H22ClN/c1-5-16-14(10(2)3)11(4)12-8-6-7-9-13(12)15/h6-11,14,16H,5H2,1-4H3. The Morgan fingerprint density at radius 1 is 1.19 bits per heavy atom. The normalized spacial score (nSPS) is 15.1. The predicted octanol–water partition coefficient (Wildman–Crippen LogP) is 4.08. The summed E-state index contributed by atoms with van der Waals surface area (Å²) < 4.78 is 0. The van der Waals surface area contributed by atoms with Gasteiger partial charge in [-0.15, -0.1) is 0 Å². The predicted molar refractivity (Wildman–Crippen MR) is 72.2 cm³/mol. The van der Waals surface area contributed by atoms with Crippen molar-refractivity contribution in [3.05, 3.63) is 34.9 Å². The van der Waals surface area contributed by atoms with Crippen molar-refractivity contribution in [2.45, 2.75) is 39.7 Å². The summed E-state index contributed by atoms with van der Waals surface area (Å²) in [5, 5.41) is 4.42. The zero-order valence-corrected chi connectivity index (χ0v) is 11.4. The molecule has 0 spiro atoms. The van der Waals surface area contributed by atoms with Gasteiger partial charge in [0.2, 0.25) is 0 Å². The van der Waals surface area contributed by atoms with E-state index in [1.54, 1.807) is 0 Å². The van der Waals surface area contributed by atoms with Gasteiger partial charge in [-0.2, -0.15) is 0 Å². The van der Waals surface area contributed by atoms with Crippen LogP contribution in [0.25, 0.3) is 0 Å². The summed E-state index contributed by atoms with van der Waals surface area (Å²) in [6.45, 7) is 9.89. The third-order valence-corrected chi connectivity index (χ3v) is 3.44. The monoisotopic (exact) mass is 239 g/mol. The average Bonchev–Trinajstić information content (AvgIpc) is 2.25. The maximum absolute atomic E-state index is 6.24. The molecule has 0 amide bonds. The van der Waals surface area contributed by atoms with Crippen LogP contribution >= 0.6 is 11.6 Å². The molecule has 1 rings (SSSR count). The van der Waals surface area contributed by atoms with Gasteiger partial charge in [0.15, 0.2) is 0 Å². The van der Waals surface area contributed by atoms with E-state index in [1.807, 2.05) is 12.1 Å². The van der Waals surface area contributed by atoms with E-state index in [0.717, 1.165) is 11.6 Å². The third-order valence-electron chi connectivity index (χ3n) is 3.09. The SMILES string of the molecule is CCNC(C(C)C)C(C)c1ccccc1Cl. The molecule has 0 aromatic heterocycles. The molecule has 0 radical (unpaired) electrons. The highest BCUT2D eigenvalue weighted by atomic mass is 35.5. The fourth-order valence-electron chi connectivity index (χ4n) is 2.26. The largest absolute Gasteiger partial charge is 0.313 e. The van der Waals surface area contributed by atoms with E-state index in [0.29, 0.717) is 17.9 Å². The van der Waals surface area contributed by atoms with E-state index in [4.69, 9.17) is 11.6 Å². The molecule has 0 aliphatic carbocycles. The van der Waals surface area contributed by atoms with Crippen LogP contribution in [0.4, 0.5) is 0 Å². The quantitative estimate of drug-likeness (QED) is 0.817. The molecule has 90 valence electrons. The van der Waals surface area contributed by atoms with Crippen LogP contribution in [-0.2, 0) is 0 Å². The van der Waals surface area contributed by atoms with Gasteiger partial charge in [0.25, 0.3) is 0 Å². The van der Waals surface area contributed by atoms with Crippen molar-refractivity contribution in [3.63, 3.8) is 0 Å². The maximum Gasteiger partial charge on any atom is 0.0441 e. The number of rotatable bonds is 5. The van der Waals surface area contributed by atoms with Gasteiger partial charge in [0.05, 0.1) is 0 Å². The second-order valence-corrected chi connectivity index (χ2v) is 5.04. The van der Waals surface area contributed by atoms with Crippen LogP contribution in [0.5, 0.6) is 0 Å². The summed E-state index contributed by atoms with van der Waals surface area (Å²) in [6, 6.07) is 8.61. The molecular weight excluding hydrogens is 218 g/mol. The Bertz CT molecular complexity index is 322. The number of nitrogens with one attached hydrogen (secondary N) is 1. The van der Waals surface area contributed by atoms with Gasteiger partial charge in [-0.1, -0.05) is 57.5 Å². The molecule has 1 aromatic carbocycles. The molecule has 0 aliphatic rings. The van der Waals surface area contributed by atoms with E-state index in [1.165, 1.54) is 5.56 Å². The first-order valence-corrected chi connectivity index (χ1v) is 6.43. The van der Waals surface area contributed by atoms with Gasteiger partial charge in [-0.05, 0) is 30.0 Å². The van der Waals surface area contributed by atoms with E-state index in [-0.39, 0.29) is 0 Å². The Morgan fingerprint density at radius 2 is 1.81 bits per heavy atom.